The molecule has 7 nitrogen and oxygen atoms in total. The van der Waals surface area contributed by atoms with Gasteiger partial charge >= 0.3 is 5.97 Å². The Morgan fingerprint density at radius 3 is 2.73 bits per heavy atom. The Labute approximate surface area is 234 Å². The number of aromatic carboxylic acids is 1. The molecule has 0 unspecified atom stereocenters. The van der Waals surface area contributed by atoms with Gasteiger partial charge in [-0.15, -0.1) is 0 Å². The van der Waals surface area contributed by atoms with Crippen LogP contribution in [-0.4, -0.2) is 51.3 Å². The SMILES string of the molecule is O=C(O)c1ccc2nc(CN3CC=C(c4cc(COc5ccc(Cl)cc5F)ccc4F)C3)n(C[C@@H]3CCO3)c2c1. The van der Waals surface area contributed by atoms with Gasteiger partial charge < -0.3 is 19.1 Å². The molecule has 0 bridgehead atoms. The summed E-state index contributed by atoms with van der Waals surface area (Å²) in [6, 6.07) is 13.9. The lowest BCUT2D eigenvalue weighted by Gasteiger charge is -2.28. The molecule has 3 aromatic carbocycles. The molecule has 6 rings (SSSR count). The molecule has 3 heterocycles. The number of ether oxygens (including phenoxy) is 2. The fraction of sp³-hybridized carbons (Fsp3) is 0.267. The van der Waals surface area contributed by atoms with E-state index in [1.165, 1.54) is 18.2 Å². The van der Waals surface area contributed by atoms with Crippen molar-refractivity contribution in [3.63, 3.8) is 0 Å². The van der Waals surface area contributed by atoms with E-state index in [0.717, 1.165) is 35.5 Å². The number of imidazole rings is 1. The fourth-order valence-electron chi connectivity index (χ4n) is 5.05. The normalized spacial score (nSPS) is 17.2. The maximum Gasteiger partial charge on any atom is 0.335 e. The standard InChI is InChI=1S/C30H26ClF2N3O4/c31-21-3-6-28(25(33)13-21)40-17-18-1-4-24(32)23(11-18)20-7-9-35(14-20)16-29-34-26-5-2-19(30(37)38)12-27(26)36(29)15-22-8-10-39-22/h1-7,11-13,22H,8-10,14-17H2,(H,37,38)/t22-/m0/s1. The summed E-state index contributed by atoms with van der Waals surface area (Å²) < 4.78 is 42.3. The Kier molecular flexibility index (Phi) is 7.27. The van der Waals surface area contributed by atoms with E-state index in [4.69, 9.17) is 26.1 Å². The van der Waals surface area contributed by atoms with Crippen LogP contribution in [0, 0.1) is 11.6 Å². The minimum atomic E-state index is -0.988. The van der Waals surface area contributed by atoms with Crippen molar-refractivity contribution >= 4 is 34.2 Å². The number of aromatic nitrogens is 2. The quantitative estimate of drug-likeness (QED) is 0.271. The van der Waals surface area contributed by atoms with E-state index in [9.17, 15) is 18.7 Å². The fourth-order valence-corrected chi connectivity index (χ4v) is 5.21. The van der Waals surface area contributed by atoms with Gasteiger partial charge in [0.2, 0.25) is 0 Å². The summed E-state index contributed by atoms with van der Waals surface area (Å²) >= 11 is 5.81. The second kappa shape index (κ2) is 11.0. The molecule has 0 aliphatic carbocycles. The molecule has 1 atom stereocenters. The van der Waals surface area contributed by atoms with Crippen molar-refractivity contribution < 1.29 is 28.2 Å². The van der Waals surface area contributed by atoms with Gasteiger partial charge in [-0.05, 0) is 66.1 Å². The molecule has 10 heteroatoms. The monoisotopic (exact) mass is 565 g/mol. The summed E-state index contributed by atoms with van der Waals surface area (Å²) in [5.41, 5.74) is 3.72. The first-order valence-electron chi connectivity index (χ1n) is 13.0. The van der Waals surface area contributed by atoms with Crippen molar-refractivity contribution in [1.82, 2.24) is 14.5 Å². The van der Waals surface area contributed by atoms with Crippen LogP contribution in [0.25, 0.3) is 16.6 Å². The van der Waals surface area contributed by atoms with Gasteiger partial charge in [-0.1, -0.05) is 23.7 Å². The van der Waals surface area contributed by atoms with Crippen molar-refractivity contribution in [3.05, 3.63) is 99.8 Å². The van der Waals surface area contributed by atoms with Crippen LogP contribution in [0.2, 0.25) is 5.02 Å². The molecule has 0 amide bonds. The summed E-state index contributed by atoms with van der Waals surface area (Å²) in [5, 5.41) is 9.76. The Morgan fingerprint density at radius 1 is 1.12 bits per heavy atom. The number of benzene rings is 3. The largest absolute Gasteiger partial charge is 0.486 e. The van der Waals surface area contributed by atoms with Crippen molar-refractivity contribution in [2.24, 2.45) is 0 Å². The minimum Gasteiger partial charge on any atom is -0.486 e. The number of hydrogen-bond acceptors (Lipinski definition) is 5. The van der Waals surface area contributed by atoms with Gasteiger partial charge in [0.25, 0.3) is 0 Å². The Bertz CT molecular complexity index is 1630. The highest BCUT2D eigenvalue weighted by atomic mass is 35.5. The predicted octanol–water partition coefficient (Wildman–Crippen LogP) is 5.93. The zero-order valence-electron chi connectivity index (χ0n) is 21.4. The highest BCUT2D eigenvalue weighted by Crippen LogP contribution is 2.29. The van der Waals surface area contributed by atoms with E-state index < -0.39 is 11.8 Å². The molecule has 4 aromatic rings. The Balaban J connectivity index is 1.18. The molecule has 1 saturated heterocycles. The van der Waals surface area contributed by atoms with E-state index in [0.29, 0.717) is 37.3 Å². The van der Waals surface area contributed by atoms with E-state index in [1.807, 2.05) is 10.6 Å². The molecule has 0 spiro atoms. The zero-order valence-corrected chi connectivity index (χ0v) is 22.2. The molecule has 40 heavy (non-hydrogen) atoms. The number of rotatable bonds is 9. The lowest BCUT2D eigenvalue weighted by atomic mass is 10.0. The highest BCUT2D eigenvalue weighted by Gasteiger charge is 2.25. The molecule has 0 saturated carbocycles. The first kappa shape index (κ1) is 26.4. The lowest BCUT2D eigenvalue weighted by Crippen LogP contribution is -2.32. The summed E-state index contributed by atoms with van der Waals surface area (Å²) in [7, 11) is 0. The van der Waals surface area contributed by atoms with Crippen LogP contribution in [0.3, 0.4) is 0 Å². The third-order valence-electron chi connectivity index (χ3n) is 7.27. The number of fused-ring (bicyclic) bond motifs is 1. The number of nitrogens with zero attached hydrogens (tertiary/aromatic N) is 3. The molecule has 1 aromatic heterocycles. The lowest BCUT2D eigenvalue weighted by molar-refractivity contribution is -0.0591. The van der Waals surface area contributed by atoms with Gasteiger partial charge in [-0.25, -0.2) is 18.6 Å². The molecule has 1 N–H and O–H groups in total. The van der Waals surface area contributed by atoms with Crippen molar-refractivity contribution in [2.75, 3.05) is 19.7 Å². The van der Waals surface area contributed by atoms with Crippen LogP contribution in [0.1, 0.15) is 33.7 Å². The van der Waals surface area contributed by atoms with Gasteiger partial charge in [0, 0.05) is 30.3 Å². The topological polar surface area (TPSA) is 76.8 Å². The third-order valence-corrected chi connectivity index (χ3v) is 7.51. The Morgan fingerprint density at radius 2 is 1.98 bits per heavy atom. The van der Waals surface area contributed by atoms with Crippen LogP contribution in [0.15, 0.2) is 60.7 Å². The van der Waals surface area contributed by atoms with Crippen LogP contribution in [0.5, 0.6) is 5.75 Å². The first-order chi connectivity index (χ1) is 19.3. The smallest absolute Gasteiger partial charge is 0.335 e. The van der Waals surface area contributed by atoms with Crippen molar-refractivity contribution in [2.45, 2.75) is 32.2 Å². The molecule has 206 valence electrons. The highest BCUT2D eigenvalue weighted by molar-refractivity contribution is 6.30. The van der Waals surface area contributed by atoms with Crippen LogP contribution >= 0.6 is 11.6 Å². The zero-order chi connectivity index (χ0) is 27.8. The van der Waals surface area contributed by atoms with E-state index in [2.05, 4.69) is 4.90 Å². The predicted molar refractivity (Wildman–Crippen MR) is 146 cm³/mol. The third kappa shape index (κ3) is 5.45. The van der Waals surface area contributed by atoms with Gasteiger partial charge in [-0.3, -0.25) is 4.90 Å². The van der Waals surface area contributed by atoms with Gasteiger partial charge in [0.15, 0.2) is 11.6 Å². The summed E-state index contributed by atoms with van der Waals surface area (Å²) in [4.78, 5) is 18.5. The van der Waals surface area contributed by atoms with Gasteiger partial charge in [0.1, 0.15) is 18.2 Å². The molecule has 1 fully saturated rings. The van der Waals surface area contributed by atoms with E-state index in [-0.39, 0.29) is 34.9 Å². The number of carboxylic acid groups (broad SMARTS) is 1. The maximum absolute atomic E-state index is 14.9. The number of hydrogen-bond donors (Lipinski definition) is 1. The van der Waals surface area contributed by atoms with Crippen LogP contribution < -0.4 is 4.74 Å². The molecular formula is C30H26ClF2N3O4. The van der Waals surface area contributed by atoms with E-state index >= 15 is 0 Å². The Hall–Kier alpha value is -3.79. The average Bonchev–Trinajstić information content (AvgIpc) is 3.50. The van der Waals surface area contributed by atoms with Gasteiger partial charge in [0.05, 0.1) is 35.8 Å². The summed E-state index contributed by atoms with van der Waals surface area (Å²) in [6.07, 6.45) is 3.00. The number of carboxylic acids is 1. The van der Waals surface area contributed by atoms with Crippen LogP contribution in [0.4, 0.5) is 8.78 Å². The average molecular weight is 566 g/mol. The maximum atomic E-state index is 14.9. The van der Waals surface area contributed by atoms with Crippen molar-refractivity contribution in [1.29, 1.82) is 0 Å². The molecule has 2 aliphatic rings. The summed E-state index contributed by atoms with van der Waals surface area (Å²) in [6.45, 7) is 3.01. The summed E-state index contributed by atoms with van der Waals surface area (Å²) in [5.74, 6) is -1.01. The molecule has 0 radical (unpaired) electrons. The van der Waals surface area contributed by atoms with Crippen molar-refractivity contribution in [3.8, 4) is 5.75 Å². The minimum absolute atomic E-state index is 0.0669. The molecular weight excluding hydrogens is 540 g/mol. The van der Waals surface area contributed by atoms with Crippen LogP contribution in [-0.2, 0) is 24.4 Å². The van der Waals surface area contributed by atoms with E-state index in [1.54, 1.807) is 36.4 Å². The molecule has 2 aliphatic heterocycles. The number of halogens is 3. The first-order valence-corrected chi connectivity index (χ1v) is 13.3. The number of carbonyl (C=O) groups is 1. The van der Waals surface area contributed by atoms with Gasteiger partial charge in [-0.2, -0.15) is 0 Å². The second-order valence-electron chi connectivity index (χ2n) is 10.0. The second-order valence-corrected chi connectivity index (χ2v) is 10.4.